The van der Waals surface area contributed by atoms with E-state index in [2.05, 4.69) is 42.0 Å². The number of hydrogen-bond donors (Lipinski definition) is 1. The first-order chi connectivity index (χ1) is 7.35. The molecule has 2 heteroatoms. The lowest BCUT2D eigenvalue weighted by Crippen LogP contribution is -1.89. The SMILES string of the molecule is C/C=C(/CCC)c1ccc2[nH]ccc2n1. The zero-order valence-electron chi connectivity index (χ0n) is 9.25. The van der Waals surface area contributed by atoms with Crippen LogP contribution in [-0.4, -0.2) is 9.97 Å². The lowest BCUT2D eigenvalue weighted by atomic mass is 10.1. The van der Waals surface area contributed by atoms with Crippen LogP contribution in [0.4, 0.5) is 0 Å². The third-order valence-corrected chi connectivity index (χ3v) is 2.60. The molecule has 0 saturated carbocycles. The second-order valence-electron chi connectivity index (χ2n) is 3.67. The number of pyridine rings is 1. The molecule has 0 fully saturated rings. The summed E-state index contributed by atoms with van der Waals surface area (Å²) in [5, 5.41) is 0. The van der Waals surface area contributed by atoms with Crippen LogP contribution in [0.3, 0.4) is 0 Å². The van der Waals surface area contributed by atoms with E-state index in [1.807, 2.05) is 12.3 Å². The van der Waals surface area contributed by atoms with Crippen LogP contribution in [0.15, 0.2) is 30.5 Å². The highest BCUT2D eigenvalue weighted by Crippen LogP contribution is 2.20. The van der Waals surface area contributed by atoms with Crippen molar-refractivity contribution in [2.75, 3.05) is 0 Å². The molecule has 78 valence electrons. The molecular weight excluding hydrogens is 184 g/mol. The Labute approximate surface area is 90.0 Å². The van der Waals surface area contributed by atoms with Crippen molar-refractivity contribution in [1.82, 2.24) is 9.97 Å². The maximum Gasteiger partial charge on any atom is 0.0886 e. The van der Waals surface area contributed by atoms with Gasteiger partial charge in [-0.15, -0.1) is 0 Å². The Morgan fingerprint density at radius 3 is 3.00 bits per heavy atom. The van der Waals surface area contributed by atoms with Crippen molar-refractivity contribution in [3.05, 3.63) is 36.2 Å². The van der Waals surface area contributed by atoms with E-state index in [9.17, 15) is 0 Å². The van der Waals surface area contributed by atoms with Crippen molar-refractivity contribution in [2.45, 2.75) is 26.7 Å². The number of nitrogens with zero attached hydrogens (tertiary/aromatic N) is 1. The van der Waals surface area contributed by atoms with Crippen LogP contribution in [0, 0.1) is 0 Å². The number of hydrogen-bond acceptors (Lipinski definition) is 1. The third-order valence-electron chi connectivity index (χ3n) is 2.60. The topological polar surface area (TPSA) is 28.7 Å². The van der Waals surface area contributed by atoms with Gasteiger partial charge in [-0.1, -0.05) is 19.4 Å². The first kappa shape index (κ1) is 9.97. The number of rotatable bonds is 3. The van der Waals surface area contributed by atoms with E-state index in [1.54, 1.807) is 0 Å². The largest absolute Gasteiger partial charge is 0.360 e. The molecule has 0 saturated heterocycles. The molecule has 2 nitrogen and oxygen atoms in total. The summed E-state index contributed by atoms with van der Waals surface area (Å²) in [6, 6.07) is 6.19. The fraction of sp³-hybridized carbons (Fsp3) is 0.308. The maximum atomic E-state index is 4.63. The van der Waals surface area contributed by atoms with Gasteiger partial charge in [0.25, 0.3) is 0 Å². The second kappa shape index (κ2) is 4.30. The van der Waals surface area contributed by atoms with Crippen molar-refractivity contribution in [2.24, 2.45) is 0 Å². The Hall–Kier alpha value is -1.57. The van der Waals surface area contributed by atoms with Gasteiger partial charge in [0.1, 0.15) is 0 Å². The lowest BCUT2D eigenvalue weighted by Gasteiger charge is -2.04. The first-order valence-corrected chi connectivity index (χ1v) is 5.45. The van der Waals surface area contributed by atoms with Crippen molar-refractivity contribution < 1.29 is 0 Å². The first-order valence-electron chi connectivity index (χ1n) is 5.45. The molecule has 0 unspecified atom stereocenters. The van der Waals surface area contributed by atoms with Gasteiger partial charge in [0.15, 0.2) is 0 Å². The predicted octanol–water partition coefficient (Wildman–Crippen LogP) is 3.77. The quantitative estimate of drug-likeness (QED) is 0.802. The van der Waals surface area contributed by atoms with Gasteiger partial charge in [-0.05, 0) is 37.1 Å². The Morgan fingerprint density at radius 1 is 1.40 bits per heavy atom. The number of allylic oxidation sites excluding steroid dienone is 2. The van der Waals surface area contributed by atoms with Crippen molar-refractivity contribution in [3.63, 3.8) is 0 Å². The van der Waals surface area contributed by atoms with E-state index in [0.717, 1.165) is 29.6 Å². The van der Waals surface area contributed by atoms with E-state index in [0.29, 0.717) is 0 Å². The molecule has 0 spiro atoms. The summed E-state index contributed by atoms with van der Waals surface area (Å²) in [5.74, 6) is 0. The predicted molar refractivity (Wildman–Crippen MR) is 64.7 cm³/mol. The van der Waals surface area contributed by atoms with Crippen molar-refractivity contribution in [1.29, 1.82) is 0 Å². The fourth-order valence-electron chi connectivity index (χ4n) is 1.80. The van der Waals surface area contributed by atoms with Gasteiger partial charge < -0.3 is 4.98 Å². The molecule has 2 aromatic rings. The fourth-order valence-corrected chi connectivity index (χ4v) is 1.80. The minimum Gasteiger partial charge on any atom is -0.360 e. The van der Waals surface area contributed by atoms with Crippen LogP contribution in [0.25, 0.3) is 16.6 Å². The molecule has 0 atom stereocenters. The molecule has 2 aromatic heterocycles. The zero-order valence-corrected chi connectivity index (χ0v) is 9.25. The molecule has 0 bridgehead atoms. The van der Waals surface area contributed by atoms with Crippen LogP contribution >= 0.6 is 0 Å². The van der Waals surface area contributed by atoms with Gasteiger partial charge in [-0.25, -0.2) is 4.98 Å². The normalized spacial score (nSPS) is 12.3. The molecule has 15 heavy (non-hydrogen) atoms. The number of aromatic nitrogens is 2. The number of aromatic amines is 1. The van der Waals surface area contributed by atoms with E-state index in [-0.39, 0.29) is 0 Å². The molecule has 0 aliphatic heterocycles. The molecule has 0 amide bonds. The summed E-state index contributed by atoms with van der Waals surface area (Å²) < 4.78 is 0. The number of nitrogens with one attached hydrogen (secondary N) is 1. The molecule has 0 radical (unpaired) electrons. The highest BCUT2D eigenvalue weighted by atomic mass is 14.8. The Bertz CT molecular complexity index is 480. The number of fused-ring (bicyclic) bond motifs is 1. The Balaban J connectivity index is 2.42. The molecule has 0 aromatic carbocycles. The van der Waals surface area contributed by atoms with Gasteiger partial charge in [0.05, 0.1) is 16.7 Å². The molecule has 1 N–H and O–H groups in total. The number of H-pyrrole nitrogens is 1. The summed E-state index contributed by atoms with van der Waals surface area (Å²) in [5.41, 5.74) is 4.58. The van der Waals surface area contributed by atoms with E-state index in [4.69, 9.17) is 0 Å². The molecule has 0 aliphatic carbocycles. The van der Waals surface area contributed by atoms with Gasteiger partial charge in [-0.3, -0.25) is 0 Å². The molecular formula is C13H16N2. The zero-order chi connectivity index (χ0) is 10.7. The average molecular weight is 200 g/mol. The summed E-state index contributed by atoms with van der Waals surface area (Å²) in [4.78, 5) is 7.78. The van der Waals surface area contributed by atoms with Gasteiger partial charge >= 0.3 is 0 Å². The highest BCUT2D eigenvalue weighted by molar-refractivity contribution is 5.77. The van der Waals surface area contributed by atoms with E-state index < -0.39 is 0 Å². The van der Waals surface area contributed by atoms with Crippen LogP contribution in [0.5, 0.6) is 0 Å². The minimum atomic E-state index is 1.04. The van der Waals surface area contributed by atoms with Crippen molar-refractivity contribution >= 4 is 16.6 Å². The summed E-state index contributed by atoms with van der Waals surface area (Å²) in [6.45, 7) is 4.27. The van der Waals surface area contributed by atoms with Gasteiger partial charge in [0, 0.05) is 6.20 Å². The second-order valence-corrected chi connectivity index (χ2v) is 3.67. The van der Waals surface area contributed by atoms with Crippen LogP contribution in [0.1, 0.15) is 32.4 Å². The molecule has 2 heterocycles. The monoisotopic (exact) mass is 200 g/mol. The summed E-state index contributed by atoms with van der Waals surface area (Å²) in [6.07, 6.45) is 6.34. The molecule has 0 aliphatic rings. The average Bonchev–Trinajstić information content (AvgIpc) is 2.72. The van der Waals surface area contributed by atoms with Crippen LogP contribution in [0.2, 0.25) is 0 Å². The summed E-state index contributed by atoms with van der Waals surface area (Å²) in [7, 11) is 0. The van der Waals surface area contributed by atoms with E-state index in [1.165, 1.54) is 5.57 Å². The highest BCUT2D eigenvalue weighted by Gasteiger charge is 2.03. The van der Waals surface area contributed by atoms with Crippen LogP contribution in [-0.2, 0) is 0 Å². The molecule has 2 rings (SSSR count). The van der Waals surface area contributed by atoms with Gasteiger partial charge in [0.2, 0.25) is 0 Å². The smallest absolute Gasteiger partial charge is 0.0886 e. The standard InChI is InChI=1S/C13H16N2/c1-3-5-10(4-2)11-6-7-12-13(15-11)8-9-14-12/h4,6-9,14H,3,5H2,1-2H3/b10-4-. The lowest BCUT2D eigenvalue weighted by molar-refractivity contribution is 0.966. The Morgan fingerprint density at radius 2 is 2.27 bits per heavy atom. The van der Waals surface area contributed by atoms with Crippen molar-refractivity contribution in [3.8, 4) is 0 Å². The summed E-state index contributed by atoms with van der Waals surface area (Å²) >= 11 is 0. The van der Waals surface area contributed by atoms with Gasteiger partial charge in [-0.2, -0.15) is 0 Å². The van der Waals surface area contributed by atoms with Crippen LogP contribution < -0.4 is 0 Å². The Kier molecular flexibility index (Phi) is 2.86. The minimum absolute atomic E-state index is 1.04. The maximum absolute atomic E-state index is 4.63. The van der Waals surface area contributed by atoms with E-state index >= 15 is 0 Å². The third kappa shape index (κ3) is 1.94.